The Morgan fingerprint density at radius 1 is 1.27 bits per heavy atom. The van der Waals surface area contributed by atoms with Crippen LogP contribution in [0.3, 0.4) is 0 Å². The summed E-state index contributed by atoms with van der Waals surface area (Å²) in [4.78, 5) is 10.5. The fourth-order valence-electron chi connectivity index (χ4n) is 0.904. The molecule has 0 saturated heterocycles. The van der Waals surface area contributed by atoms with Gasteiger partial charge in [0, 0.05) is 5.56 Å². The van der Waals surface area contributed by atoms with E-state index in [0.717, 1.165) is 0 Å². The van der Waals surface area contributed by atoms with Gasteiger partial charge in [-0.2, -0.15) is 8.78 Å². The number of alkyl halides is 2. The molecular weight excluding hydrogens is 218 g/mol. The molecule has 1 amide bonds. The second-order valence-corrected chi connectivity index (χ2v) is 2.51. The quantitative estimate of drug-likeness (QED) is 0.792. The summed E-state index contributed by atoms with van der Waals surface area (Å²) >= 11 is 0. The van der Waals surface area contributed by atoms with Gasteiger partial charge in [-0.25, -0.2) is 8.78 Å². The van der Waals surface area contributed by atoms with Crippen LogP contribution in [0.25, 0.3) is 0 Å². The molecule has 0 unspecified atom stereocenters. The summed E-state index contributed by atoms with van der Waals surface area (Å²) in [5.41, 5.74) is 4.28. The van der Waals surface area contributed by atoms with Crippen LogP contribution in [0.5, 0.6) is 5.75 Å². The molecule has 82 valence electrons. The zero-order valence-electron chi connectivity index (χ0n) is 7.14. The van der Waals surface area contributed by atoms with Crippen molar-refractivity contribution in [3.63, 3.8) is 0 Å². The van der Waals surface area contributed by atoms with Gasteiger partial charge in [-0.3, -0.25) is 4.79 Å². The average molecular weight is 223 g/mol. The molecule has 1 aromatic rings. The van der Waals surface area contributed by atoms with E-state index in [0.29, 0.717) is 12.1 Å². The number of benzene rings is 1. The topological polar surface area (TPSA) is 52.3 Å². The normalized spacial score (nSPS) is 10.5. The minimum Gasteiger partial charge on any atom is -0.429 e. The summed E-state index contributed by atoms with van der Waals surface area (Å²) in [6.45, 7) is -3.35. The summed E-state index contributed by atoms with van der Waals surface area (Å²) in [5, 5.41) is 0. The number of carbonyl (C=O) groups excluding carboxylic acids is 1. The lowest BCUT2D eigenvalue weighted by Gasteiger charge is -2.07. The summed E-state index contributed by atoms with van der Waals surface area (Å²) in [7, 11) is 0. The SMILES string of the molecule is NC(=O)c1cc(F)c(OC(F)F)c(F)c1. The maximum absolute atomic E-state index is 12.9. The van der Waals surface area contributed by atoms with Crippen LogP contribution in [0.1, 0.15) is 10.4 Å². The molecule has 15 heavy (non-hydrogen) atoms. The Balaban J connectivity index is 3.15. The second-order valence-electron chi connectivity index (χ2n) is 2.51. The summed E-state index contributed by atoms with van der Waals surface area (Å²) < 4.78 is 52.8. The van der Waals surface area contributed by atoms with Crippen molar-refractivity contribution < 1.29 is 27.1 Å². The molecule has 0 saturated carbocycles. The number of halogens is 4. The minimum atomic E-state index is -3.35. The third-order valence-corrected chi connectivity index (χ3v) is 1.49. The van der Waals surface area contributed by atoms with E-state index in [1.165, 1.54) is 0 Å². The Hall–Kier alpha value is -1.79. The maximum Gasteiger partial charge on any atom is 0.387 e. The first-order chi connectivity index (χ1) is 6.91. The van der Waals surface area contributed by atoms with Gasteiger partial charge in [0.1, 0.15) is 0 Å². The van der Waals surface area contributed by atoms with Crippen LogP contribution in [-0.2, 0) is 0 Å². The first kappa shape index (κ1) is 11.3. The van der Waals surface area contributed by atoms with Gasteiger partial charge < -0.3 is 10.5 Å². The molecule has 0 spiro atoms. The van der Waals surface area contributed by atoms with Crippen LogP contribution in [0.4, 0.5) is 17.6 Å². The fraction of sp³-hybridized carbons (Fsp3) is 0.125. The van der Waals surface area contributed by atoms with Crippen LogP contribution in [0.15, 0.2) is 12.1 Å². The van der Waals surface area contributed by atoms with E-state index in [1.54, 1.807) is 0 Å². The lowest BCUT2D eigenvalue weighted by Crippen LogP contribution is -2.13. The highest BCUT2D eigenvalue weighted by molar-refractivity contribution is 5.92. The van der Waals surface area contributed by atoms with Gasteiger partial charge in [-0.1, -0.05) is 0 Å². The molecule has 0 aliphatic heterocycles. The van der Waals surface area contributed by atoms with Crippen molar-refractivity contribution in [3.8, 4) is 5.75 Å². The predicted octanol–water partition coefficient (Wildman–Crippen LogP) is 1.67. The number of amides is 1. The molecular formula is C8H5F4NO2. The molecule has 0 aliphatic rings. The van der Waals surface area contributed by atoms with Crippen molar-refractivity contribution in [3.05, 3.63) is 29.3 Å². The monoisotopic (exact) mass is 223 g/mol. The molecule has 1 rings (SSSR count). The lowest BCUT2D eigenvalue weighted by atomic mass is 10.2. The first-order valence-corrected chi connectivity index (χ1v) is 3.65. The fourth-order valence-corrected chi connectivity index (χ4v) is 0.904. The minimum absolute atomic E-state index is 0.466. The number of nitrogens with two attached hydrogens (primary N) is 1. The zero-order valence-corrected chi connectivity index (χ0v) is 7.14. The van der Waals surface area contributed by atoms with Crippen molar-refractivity contribution in [2.24, 2.45) is 5.73 Å². The van der Waals surface area contributed by atoms with Crippen LogP contribution in [0, 0.1) is 11.6 Å². The Bertz CT molecular complexity index is 371. The Kier molecular flexibility index (Phi) is 3.13. The number of carbonyl (C=O) groups is 1. The molecule has 0 bridgehead atoms. The van der Waals surface area contributed by atoms with E-state index in [-0.39, 0.29) is 0 Å². The van der Waals surface area contributed by atoms with E-state index in [1.807, 2.05) is 0 Å². The Morgan fingerprint density at radius 3 is 2.07 bits per heavy atom. The molecule has 0 atom stereocenters. The number of ether oxygens (including phenoxy) is 1. The van der Waals surface area contributed by atoms with Crippen molar-refractivity contribution in [1.82, 2.24) is 0 Å². The molecule has 0 heterocycles. The van der Waals surface area contributed by atoms with Crippen LogP contribution in [-0.4, -0.2) is 12.5 Å². The van der Waals surface area contributed by atoms with Crippen molar-refractivity contribution in [2.45, 2.75) is 6.61 Å². The highest BCUT2D eigenvalue weighted by Crippen LogP contribution is 2.24. The third-order valence-electron chi connectivity index (χ3n) is 1.49. The van der Waals surface area contributed by atoms with Gasteiger partial charge in [0.05, 0.1) is 0 Å². The van der Waals surface area contributed by atoms with Gasteiger partial charge >= 0.3 is 6.61 Å². The molecule has 7 heteroatoms. The Labute approximate surface area is 81.4 Å². The van der Waals surface area contributed by atoms with E-state index < -0.39 is 35.5 Å². The smallest absolute Gasteiger partial charge is 0.387 e. The number of hydrogen-bond donors (Lipinski definition) is 1. The van der Waals surface area contributed by atoms with Gasteiger partial charge in [-0.15, -0.1) is 0 Å². The Morgan fingerprint density at radius 2 is 1.73 bits per heavy atom. The van der Waals surface area contributed by atoms with Crippen molar-refractivity contribution >= 4 is 5.91 Å². The van der Waals surface area contributed by atoms with E-state index in [9.17, 15) is 22.4 Å². The zero-order chi connectivity index (χ0) is 11.6. The van der Waals surface area contributed by atoms with Gasteiger partial charge in [0.15, 0.2) is 17.4 Å². The maximum atomic E-state index is 12.9. The van der Waals surface area contributed by atoms with Crippen molar-refractivity contribution in [1.29, 1.82) is 0 Å². The third kappa shape index (κ3) is 2.58. The highest BCUT2D eigenvalue weighted by atomic mass is 19.3. The number of primary amides is 1. The predicted molar refractivity (Wildman–Crippen MR) is 41.5 cm³/mol. The van der Waals surface area contributed by atoms with Crippen LogP contribution < -0.4 is 10.5 Å². The standard InChI is InChI=1S/C8H5F4NO2/c9-4-1-3(7(13)14)2-5(10)6(4)15-8(11)12/h1-2,8H,(H2,13,14). The molecule has 0 fully saturated rings. The van der Waals surface area contributed by atoms with E-state index in [2.05, 4.69) is 4.74 Å². The number of hydrogen-bond acceptors (Lipinski definition) is 2. The van der Waals surface area contributed by atoms with Crippen LogP contribution in [0.2, 0.25) is 0 Å². The van der Waals surface area contributed by atoms with Gasteiger partial charge in [-0.05, 0) is 12.1 Å². The lowest BCUT2D eigenvalue weighted by molar-refractivity contribution is -0.0546. The largest absolute Gasteiger partial charge is 0.429 e. The van der Waals surface area contributed by atoms with Gasteiger partial charge in [0.25, 0.3) is 0 Å². The molecule has 3 nitrogen and oxygen atoms in total. The number of rotatable bonds is 3. The summed E-state index contributed by atoms with van der Waals surface area (Å²) in [6.07, 6.45) is 0. The molecule has 0 radical (unpaired) electrons. The second kappa shape index (κ2) is 4.16. The highest BCUT2D eigenvalue weighted by Gasteiger charge is 2.18. The molecule has 0 aliphatic carbocycles. The van der Waals surface area contributed by atoms with Gasteiger partial charge in [0.2, 0.25) is 5.91 Å². The van der Waals surface area contributed by atoms with E-state index >= 15 is 0 Å². The van der Waals surface area contributed by atoms with Crippen LogP contribution >= 0.6 is 0 Å². The average Bonchev–Trinajstić information content (AvgIpc) is 2.10. The van der Waals surface area contributed by atoms with Crippen molar-refractivity contribution in [2.75, 3.05) is 0 Å². The van der Waals surface area contributed by atoms with E-state index in [4.69, 9.17) is 5.73 Å². The molecule has 0 aromatic heterocycles. The first-order valence-electron chi connectivity index (χ1n) is 3.65. The molecule has 2 N–H and O–H groups in total. The summed E-state index contributed by atoms with van der Waals surface area (Å²) in [6, 6.07) is 1.03. The summed E-state index contributed by atoms with van der Waals surface area (Å²) in [5.74, 6) is -5.14. The molecule has 1 aromatic carbocycles.